The molecule has 34 heavy (non-hydrogen) atoms. The van der Waals surface area contributed by atoms with Gasteiger partial charge in [0.2, 0.25) is 0 Å². The zero-order valence-electron chi connectivity index (χ0n) is 19.0. The number of amides is 2. The lowest BCUT2D eigenvalue weighted by molar-refractivity contribution is -0.115. The Kier molecular flexibility index (Phi) is 6.34. The number of carbonyl (C=O) groups is 2. The molecule has 0 unspecified atom stereocenters. The molecule has 0 saturated carbocycles. The van der Waals surface area contributed by atoms with Crippen LogP contribution >= 0.6 is 23.4 Å². The molecule has 1 aromatic heterocycles. The summed E-state index contributed by atoms with van der Waals surface area (Å²) in [5.74, 6) is -0.363. The first kappa shape index (κ1) is 22.9. The van der Waals surface area contributed by atoms with Gasteiger partial charge in [-0.05, 0) is 78.7 Å². The SMILES string of the molecule is CC(C)N1CCN(c2ccc(-c3ccnc4ccc(C=C5SC(=O)NC5=O)cc34)cc2Cl)CC1. The lowest BCUT2D eigenvalue weighted by atomic mass is 9.99. The minimum Gasteiger partial charge on any atom is -0.368 e. The molecule has 2 aliphatic rings. The molecule has 2 amide bonds. The van der Waals surface area contributed by atoms with Crippen molar-refractivity contribution in [1.82, 2.24) is 15.2 Å². The van der Waals surface area contributed by atoms with Crippen molar-refractivity contribution >= 4 is 57.2 Å². The van der Waals surface area contributed by atoms with Gasteiger partial charge in [-0.15, -0.1) is 0 Å². The Hall–Kier alpha value is -2.87. The standard InChI is InChI=1S/C26H25ClN4O2S/c1-16(2)30-9-11-31(12-10-30)23-6-4-18(15-21(23)27)19-7-8-28-22-5-3-17(13-20(19)22)14-24-25(32)29-26(33)34-24/h3-8,13-16H,9-12H2,1-2H3,(H,29,32,33). The highest BCUT2D eigenvalue weighted by atomic mass is 35.5. The topological polar surface area (TPSA) is 65.5 Å². The quantitative estimate of drug-likeness (QED) is 0.491. The maximum absolute atomic E-state index is 11.9. The fraction of sp³-hybridized carbons (Fsp3) is 0.269. The number of carbonyl (C=O) groups excluding carboxylic acids is 2. The van der Waals surface area contributed by atoms with E-state index in [9.17, 15) is 9.59 Å². The minimum atomic E-state index is -0.363. The molecule has 2 fully saturated rings. The van der Waals surface area contributed by atoms with Gasteiger partial charge in [-0.1, -0.05) is 23.7 Å². The van der Waals surface area contributed by atoms with Gasteiger partial charge in [0, 0.05) is 43.8 Å². The third-order valence-corrected chi connectivity index (χ3v) is 7.46. The summed E-state index contributed by atoms with van der Waals surface area (Å²) in [6.07, 6.45) is 3.52. The van der Waals surface area contributed by atoms with Gasteiger partial charge in [0.15, 0.2) is 0 Å². The molecule has 174 valence electrons. The summed E-state index contributed by atoms with van der Waals surface area (Å²) < 4.78 is 0. The second-order valence-corrected chi connectivity index (χ2v) is 10.2. The normalized spacial score (nSPS) is 18.4. The van der Waals surface area contributed by atoms with Gasteiger partial charge >= 0.3 is 0 Å². The molecular weight excluding hydrogens is 468 g/mol. The Bertz CT molecular complexity index is 1320. The summed E-state index contributed by atoms with van der Waals surface area (Å²) in [5, 5.41) is 3.64. The van der Waals surface area contributed by atoms with E-state index in [-0.39, 0.29) is 11.1 Å². The molecule has 2 aromatic carbocycles. The molecule has 3 aromatic rings. The van der Waals surface area contributed by atoms with Gasteiger partial charge in [0.1, 0.15) is 0 Å². The fourth-order valence-electron chi connectivity index (χ4n) is 4.49. The lowest BCUT2D eigenvalue weighted by Crippen LogP contribution is -2.49. The molecule has 0 aliphatic carbocycles. The number of piperazine rings is 1. The Morgan fingerprint density at radius 2 is 1.85 bits per heavy atom. The first-order valence-electron chi connectivity index (χ1n) is 11.3. The van der Waals surface area contributed by atoms with E-state index in [4.69, 9.17) is 11.6 Å². The Morgan fingerprint density at radius 3 is 2.53 bits per heavy atom. The van der Waals surface area contributed by atoms with Gasteiger partial charge in [0.05, 0.1) is 21.1 Å². The summed E-state index contributed by atoms with van der Waals surface area (Å²) >= 11 is 7.69. The Balaban J connectivity index is 1.46. The van der Waals surface area contributed by atoms with Crippen LogP contribution in [0.15, 0.2) is 53.6 Å². The van der Waals surface area contributed by atoms with E-state index in [0.29, 0.717) is 10.9 Å². The largest absolute Gasteiger partial charge is 0.368 e. The van der Waals surface area contributed by atoms with Gasteiger partial charge in [-0.25, -0.2) is 0 Å². The number of fused-ring (bicyclic) bond motifs is 1. The molecule has 0 bridgehead atoms. The van der Waals surface area contributed by atoms with Gasteiger partial charge in [-0.2, -0.15) is 0 Å². The number of nitrogens with one attached hydrogen (secondary N) is 1. The molecule has 3 heterocycles. The van der Waals surface area contributed by atoms with Crippen LogP contribution in [-0.4, -0.2) is 53.3 Å². The van der Waals surface area contributed by atoms with E-state index < -0.39 is 0 Å². The first-order valence-corrected chi connectivity index (χ1v) is 12.5. The van der Waals surface area contributed by atoms with Crippen molar-refractivity contribution in [2.75, 3.05) is 31.1 Å². The first-order chi connectivity index (χ1) is 16.4. The van der Waals surface area contributed by atoms with Gasteiger partial charge in [-0.3, -0.25) is 24.8 Å². The number of nitrogens with zero attached hydrogens (tertiary/aromatic N) is 3. The predicted octanol–water partition coefficient (Wildman–Crippen LogP) is 5.41. The number of halogens is 1. The van der Waals surface area contributed by atoms with Crippen molar-refractivity contribution in [3.8, 4) is 11.1 Å². The van der Waals surface area contributed by atoms with Crippen LogP contribution in [0.25, 0.3) is 28.1 Å². The summed E-state index contributed by atoms with van der Waals surface area (Å²) in [6, 6.07) is 14.6. The van der Waals surface area contributed by atoms with E-state index in [1.165, 1.54) is 0 Å². The monoisotopic (exact) mass is 492 g/mol. The van der Waals surface area contributed by atoms with E-state index in [1.54, 1.807) is 12.3 Å². The van der Waals surface area contributed by atoms with E-state index in [0.717, 1.165) is 76.2 Å². The van der Waals surface area contributed by atoms with E-state index in [1.807, 2.05) is 30.3 Å². The number of aromatic nitrogens is 1. The molecule has 0 atom stereocenters. The third kappa shape index (κ3) is 4.56. The molecule has 2 saturated heterocycles. The molecule has 6 nitrogen and oxygen atoms in total. The van der Waals surface area contributed by atoms with Gasteiger partial charge < -0.3 is 4.90 Å². The molecule has 2 aliphatic heterocycles. The van der Waals surface area contributed by atoms with E-state index in [2.05, 4.69) is 46.1 Å². The molecule has 8 heteroatoms. The van der Waals surface area contributed by atoms with Crippen LogP contribution in [0, 0.1) is 0 Å². The average Bonchev–Trinajstić information content (AvgIpc) is 3.15. The fourth-order valence-corrected chi connectivity index (χ4v) is 5.47. The van der Waals surface area contributed by atoms with Crippen molar-refractivity contribution in [3.05, 3.63) is 64.2 Å². The molecular formula is C26H25ClN4O2S. The zero-order valence-corrected chi connectivity index (χ0v) is 20.6. The number of hydrogen-bond donors (Lipinski definition) is 1. The summed E-state index contributed by atoms with van der Waals surface area (Å²) in [6.45, 7) is 8.46. The van der Waals surface area contributed by atoms with Crippen molar-refractivity contribution in [1.29, 1.82) is 0 Å². The highest BCUT2D eigenvalue weighted by Crippen LogP contribution is 2.35. The maximum Gasteiger partial charge on any atom is 0.290 e. The number of benzene rings is 2. The number of rotatable bonds is 4. The molecule has 5 rings (SSSR count). The summed E-state index contributed by atoms with van der Waals surface area (Å²) in [5.41, 5.74) is 4.77. The average molecular weight is 493 g/mol. The van der Waals surface area contributed by atoms with E-state index >= 15 is 0 Å². The number of hydrogen-bond acceptors (Lipinski definition) is 6. The smallest absolute Gasteiger partial charge is 0.290 e. The highest BCUT2D eigenvalue weighted by Gasteiger charge is 2.25. The van der Waals surface area contributed by atoms with Crippen molar-refractivity contribution in [2.45, 2.75) is 19.9 Å². The van der Waals surface area contributed by atoms with Crippen molar-refractivity contribution in [3.63, 3.8) is 0 Å². The number of thioether (sulfide) groups is 1. The summed E-state index contributed by atoms with van der Waals surface area (Å²) in [7, 11) is 0. The summed E-state index contributed by atoms with van der Waals surface area (Å²) in [4.78, 5) is 33.1. The maximum atomic E-state index is 11.9. The number of imide groups is 1. The zero-order chi connectivity index (χ0) is 23.8. The van der Waals surface area contributed by atoms with Crippen LogP contribution in [0.5, 0.6) is 0 Å². The van der Waals surface area contributed by atoms with Crippen molar-refractivity contribution < 1.29 is 9.59 Å². The predicted molar refractivity (Wildman–Crippen MR) is 140 cm³/mol. The lowest BCUT2D eigenvalue weighted by Gasteiger charge is -2.38. The molecule has 1 N–H and O–H groups in total. The second-order valence-electron chi connectivity index (χ2n) is 8.77. The number of anilines is 1. The second kappa shape index (κ2) is 9.41. The number of pyridine rings is 1. The highest BCUT2D eigenvalue weighted by molar-refractivity contribution is 8.18. The van der Waals surface area contributed by atoms with Crippen LogP contribution in [0.2, 0.25) is 5.02 Å². The van der Waals surface area contributed by atoms with Crippen LogP contribution in [0.3, 0.4) is 0 Å². The van der Waals surface area contributed by atoms with Crippen LogP contribution in [0.1, 0.15) is 19.4 Å². The van der Waals surface area contributed by atoms with Crippen molar-refractivity contribution in [2.24, 2.45) is 0 Å². The Labute approximate surface area is 208 Å². The van der Waals surface area contributed by atoms with Crippen LogP contribution < -0.4 is 10.2 Å². The Morgan fingerprint density at radius 1 is 1.06 bits per heavy atom. The minimum absolute atomic E-state index is 0.347. The van der Waals surface area contributed by atoms with Gasteiger partial charge in [0.25, 0.3) is 11.1 Å². The van der Waals surface area contributed by atoms with Crippen LogP contribution in [0.4, 0.5) is 10.5 Å². The molecule has 0 spiro atoms. The third-order valence-electron chi connectivity index (χ3n) is 6.35. The van der Waals surface area contributed by atoms with Crippen LogP contribution in [-0.2, 0) is 4.79 Å². The molecule has 0 radical (unpaired) electrons.